The molecule has 6 heteroatoms. The number of likely N-dealkylation sites (tertiary alicyclic amines) is 1. The van der Waals surface area contributed by atoms with Crippen LogP contribution in [0.3, 0.4) is 0 Å². The van der Waals surface area contributed by atoms with Gasteiger partial charge in [0.15, 0.2) is 0 Å². The maximum absolute atomic E-state index is 10.9. The number of nitrogens with zero attached hydrogens (tertiary/aromatic N) is 4. The average Bonchev–Trinajstić information content (AvgIpc) is 3.00. The Labute approximate surface area is 137 Å². The first-order valence-corrected chi connectivity index (χ1v) is 9.27. The topological polar surface area (TPSA) is 42.8 Å². The molecular weight excluding hydrogens is 296 g/mol. The van der Waals surface area contributed by atoms with Gasteiger partial charge in [0.2, 0.25) is 0 Å². The van der Waals surface area contributed by atoms with Crippen molar-refractivity contribution in [3.05, 3.63) is 16.1 Å². The molecule has 2 saturated heterocycles. The van der Waals surface area contributed by atoms with Crippen molar-refractivity contribution >= 4 is 11.3 Å². The standard InChI is InChI=1S/C16H28N4OS/c1-3-19-6-4-16(21,5-7-19)14-13-22-15(17-14)12-20-10-8-18(2)9-11-20/h13,21H,3-12H2,1-2H3. The van der Waals surface area contributed by atoms with Gasteiger partial charge in [-0.05, 0) is 26.4 Å². The summed E-state index contributed by atoms with van der Waals surface area (Å²) in [5.74, 6) is 0. The molecule has 5 nitrogen and oxygen atoms in total. The van der Waals surface area contributed by atoms with Crippen LogP contribution >= 0.6 is 11.3 Å². The van der Waals surface area contributed by atoms with Crippen LogP contribution in [0.15, 0.2) is 5.38 Å². The predicted octanol–water partition coefficient (Wildman–Crippen LogP) is 1.19. The third kappa shape index (κ3) is 3.68. The summed E-state index contributed by atoms with van der Waals surface area (Å²) >= 11 is 1.70. The van der Waals surface area contributed by atoms with E-state index in [1.807, 2.05) is 0 Å². The van der Waals surface area contributed by atoms with Gasteiger partial charge in [-0.15, -0.1) is 11.3 Å². The summed E-state index contributed by atoms with van der Waals surface area (Å²) in [6.07, 6.45) is 1.61. The summed E-state index contributed by atoms with van der Waals surface area (Å²) in [6.45, 7) is 10.6. The third-order valence-electron chi connectivity index (χ3n) is 5.11. The van der Waals surface area contributed by atoms with E-state index >= 15 is 0 Å². The normalized spacial score (nSPS) is 24.7. The van der Waals surface area contributed by atoms with Crippen molar-refractivity contribution in [3.8, 4) is 0 Å². The van der Waals surface area contributed by atoms with Crippen LogP contribution in [-0.4, -0.2) is 77.7 Å². The first-order chi connectivity index (χ1) is 10.6. The van der Waals surface area contributed by atoms with Crippen LogP contribution in [0.1, 0.15) is 30.5 Å². The van der Waals surface area contributed by atoms with Gasteiger partial charge in [0.1, 0.15) is 10.6 Å². The molecule has 2 aliphatic heterocycles. The quantitative estimate of drug-likeness (QED) is 0.901. The number of aliphatic hydroxyl groups is 1. The second-order valence-electron chi connectivity index (χ2n) is 6.67. The Hall–Kier alpha value is -0.530. The zero-order chi connectivity index (χ0) is 15.6. The molecule has 3 heterocycles. The Bertz CT molecular complexity index is 476. The van der Waals surface area contributed by atoms with Crippen LogP contribution in [0, 0.1) is 0 Å². The lowest BCUT2D eigenvalue weighted by Gasteiger charge is -2.36. The number of piperidine rings is 1. The van der Waals surface area contributed by atoms with Gasteiger partial charge >= 0.3 is 0 Å². The van der Waals surface area contributed by atoms with Gasteiger partial charge in [0, 0.05) is 44.6 Å². The summed E-state index contributed by atoms with van der Waals surface area (Å²) in [7, 11) is 2.18. The molecule has 2 aliphatic rings. The van der Waals surface area contributed by atoms with Crippen molar-refractivity contribution in [2.45, 2.75) is 31.9 Å². The minimum atomic E-state index is -0.706. The molecule has 1 aromatic heterocycles. The number of likely N-dealkylation sites (N-methyl/N-ethyl adjacent to an activating group) is 1. The van der Waals surface area contributed by atoms with Crippen LogP contribution in [0.5, 0.6) is 0 Å². The fourth-order valence-corrected chi connectivity index (χ4v) is 4.22. The summed E-state index contributed by atoms with van der Waals surface area (Å²) in [5.41, 5.74) is 0.195. The lowest BCUT2D eigenvalue weighted by molar-refractivity contribution is -0.0278. The molecule has 22 heavy (non-hydrogen) atoms. The van der Waals surface area contributed by atoms with E-state index in [9.17, 15) is 5.11 Å². The molecule has 0 unspecified atom stereocenters. The molecule has 1 N–H and O–H groups in total. The summed E-state index contributed by atoms with van der Waals surface area (Å²) in [4.78, 5) is 12.0. The van der Waals surface area contributed by atoms with E-state index in [2.05, 4.69) is 34.1 Å². The number of aromatic nitrogens is 1. The molecule has 0 aliphatic carbocycles. The molecular formula is C16H28N4OS. The van der Waals surface area contributed by atoms with Gasteiger partial charge in [-0.2, -0.15) is 0 Å². The van der Waals surface area contributed by atoms with Crippen molar-refractivity contribution in [2.75, 3.05) is 52.9 Å². The van der Waals surface area contributed by atoms with Crippen molar-refractivity contribution in [2.24, 2.45) is 0 Å². The van der Waals surface area contributed by atoms with Crippen LogP contribution in [0.4, 0.5) is 0 Å². The number of hydrogen-bond donors (Lipinski definition) is 1. The van der Waals surface area contributed by atoms with Crippen molar-refractivity contribution < 1.29 is 5.11 Å². The highest BCUT2D eigenvalue weighted by Crippen LogP contribution is 2.33. The molecule has 0 aromatic carbocycles. The van der Waals surface area contributed by atoms with E-state index in [-0.39, 0.29) is 0 Å². The van der Waals surface area contributed by atoms with Crippen LogP contribution in [-0.2, 0) is 12.1 Å². The second kappa shape index (κ2) is 6.93. The lowest BCUT2D eigenvalue weighted by Crippen LogP contribution is -2.44. The van der Waals surface area contributed by atoms with E-state index in [1.54, 1.807) is 11.3 Å². The SMILES string of the molecule is CCN1CCC(O)(c2csc(CN3CCN(C)CC3)n2)CC1. The number of thiazole rings is 1. The smallest absolute Gasteiger partial charge is 0.110 e. The highest BCUT2D eigenvalue weighted by molar-refractivity contribution is 7.09. The Morgan fingerprint density at radius 2 is 1.82 bits per heavy atom. The molecule has 2 fully saturated rings. The highest BCUT2D eigenvalue weighted by atomic mass is 32.1. The van der Waals surface area contributed by atoms with Crippen LogP contribution in [0.2, 0.25) is 0 Å². The summed E-state index contributed by atoms with van der Waals surface area (Å²) < 4.78 is 0. The summed E-state index contributed by atoms with van der Waals surface area (Å²) in [5, 5.41) is 14.1. The Morgan fingerprint density at radius 1 is 1.14 bits per heavy atom. The van der Waals surface area contributed by atoms with E-state index in [1.165, 1.54) is 0 Å². The first-order valence-electron chi connectivity index (χ1n) is 8.39. The fraction of sp³-hybridized carbons (Fsp3) is 0.812. The molecule has 0 atom stereocenters. The van der Waals surface area contributed by atoms with Gasteiger partial charge in [0.25, 0.3) is 0 Å². The number of piperazine rings is 1. The third-order valence-corrected chi connectivity index (χ3v) is 5.95. The Kier molecular flexibility index (Phi) is 5.14. The Morgan fingerprint density at radius 3 is 2.45 bits per heavy atom. The number of hydrogen-bond acceptors (Lipinski definition) is 6. The lowest BCUT2D eigenvalue weighted by atomic mass is 9.89. The zero-order valence-electron chi connectivity index (χ0n) is 13.8. The molecule has 0 radical (unpaired) electrons. The van der Waals surface area contributed by atoms with Crippen LogP contribution in [0.25, 0.3) is 0 Å². The molecule has 3 rings (SSSR count). The van der Waals surface area contributed by atoms with Gasteiger partial charge in [-0.25, -0.2) is 4.98 Å². The van der Waals surface area contributed by atoms with E-state index in [0.29, 0.717) is 0 Å². The molecule has 0 spiro atoms. The van der Waals surface area contributed by atoms with Gasteiger partial charge < -0.3 is 14.9 Å². The van der Waals surface area contributed by atoms with E-state index in [4.69, 9.17) is 4.98 Å². The maximum Gasteiger partial charge on any atom is 0.110 e. The minimum Gasteiger partial charge on any atom is -0.383 e. The fourth-order valence-electron chi connectivity index (χ4n) is 3.29. The molecule has 0 saturated carbocycles. The van der Waals surface area contributed by atoms with Crippen molar-refractivity contribution in [1.29, 1.82) is 0 Å². The second-order valence-corrected chi connectivity index (χ2v) is 7.61. The molecule has 1 aromatic rings. The van der Waals surface area contributed by atoms with Crippen molar-refractivity contribution in [1.82, 2.24) is 19.7 Å². The van der Waals surface area contributed by atoms with Gasteiger partial charge in [-0.1, -0.05) is 6.92 Å². The molecule has 0 amide bonds. The largest absolute Gasteiger partial charge is 0.383 e. The minimum absolute atomic E-state index is 0.706. The van der Waals surface area contributed by atoms with E-state index < -0.39 is 5.60 Å². The molecule has 124 valence electrons. The van der Waals surface area contributed by atoms with Gasteiger partial charge in [0.05, 0.1) is 12.2 Å². The number of rotatable bonds is 4. The zero-order valence-corrected chi connectivity index (χ0v) is 14.6. The average molecular weight is 324 g/mol. The summed E-state index contributed by atoms with van der Waals surface area (Å²) in [6, 6.07) is 0. The monoisotopic (exact) mass is 324 g/mol. The van der Waals surface area contributed by atoms with Crippen LogP contribution < -0.4 is 0 Å². The van der Waals surface area contributed by atoms with E-state index in [0.717, 1.165) is 75.9 Å². The molecule has 0 bridgehead atoms. The van der Waals surface area contributed by atoms with Gasteiger partial charge in [-0.3, -0.25) is 4.90 Å². The highest BCUT2D eigenvalue weighted by Gasteiger charge is 2.35. The first kappa shape index (κ1) is 16.3. The van der Waals surface area contributed by atoms with Crippen molar-refractivity contribution in [3.63, 3.8) is 0 Å². The predicted molar refractivity (Wildman–Crippen MR) is 90.1 cm³/mol. The Balaban J connectivity index is 1.59. The maximum atomic E-state index is 10.9.